The predicted octanol–water partition coefficient (Wildman–Crippen LogP) is 4.30. The maximum atomic E-state index is 12.8. The second kappa shape index (κ2) is 9.00. The highest BCUT2D eigenvalue weighted by Crippen LogP contribution is 2.26. The van der Waals surface area contributed by atoms with Crippen LogP contribution in [0, 0.1) is 6.92 Å². The van der Waals surface area contributed by atoms with Crippen LogP contribution in [0.25, 0.3) is 0 Å². The molecule has 3 aromatic carbocycles. The number of carbonyl (C=O) groups is 1. The number of aryl methyl sites for hydroxylation is 1. The summed E-state index contributed by atoms with van der Waals surface area (Å²) in [5, 5.41) is 2.93. The summed E-state index contributed by atoms with van der Waals surface area (Å²) in [6, 6.07) is 20.2. The van der Waals surface area contributed by atoms with Crippen LogP contribution in [-0.4, -0.2) is 21.4 Å². The number of rotatable bonds is 7. The first-order valence-electron chi connectivity index (χ1n) is 9.44. The molecule has 7 heteroatoms. The number of para-hydroxylation sites is 2. The van der Waals surface area contributed by atoms with Gasteiger partial charge in [0, 0.05) is 5.56 Å². The van der Waals surface area contributed by atoms with Crippen molar-refractivity contribution in [1.29, 1.82) is 0 Å². The Labute approximate surface area is 177 Å². The Morgan fingerprint density at radius 2 is 1.67 bits per heavy atom. The number of benzene rings is 3. The first-order valence-corrected chi connectivity index (χ1v) is 10.9. The van der Waals surface area contributed by atoms with E-state index >= 15 is 0 Å². The van der Waals surface area contributed by atoms with Crippen molar-refractivity contribution in [1.82, 2.24) is 5.32 Å². The molecule has 2 N–H and O–H groups in total. The molecule has 30 heavy (non-hydrogen) atoms. The lowest BCUT2D eigenvalue weighted by molar-refractivity contribution is 0.0939. The highest BCUT2D eigenvalue weighted by Gasteiger charge is 2.19. The van der Waals surface area contributed by atoms with Crippen molar-refractivity contribution >= 4 is 21.6 Å². The molecule has 0 heterocycles. The monoisotopic (exact) mass is 424 g/mol. The number of methoxy groups -OCH3 is 1. The van der Waals surface area contributed by atoms with Crippen molar-refractivity contribution < 1.29 is 17.9 Å². The van der Waals surface area contributed by atoms with E-state index in [1.165, 1.54) is 19.2 Å². The van der Waals surface area contributed by atoms with Gasteiger partial charge in [0.05, 0.1) is 23.7 Å². The molecule has 0 spiro atoms. The fourth-order valence-electron chi connectivity index (χ4n) is 3.17. The van der Waals surface area contributed by atoms with Gasteiger partial charge in [0.2, 0.25) is 0 Å². The van der Waals surface area contributed by atoms with Crippen LogP contribution in [0.3, 0.4) is 0 Å². The summed E-state index contributed by atoms with van der Waals surface area (Å²) in [6.07, 6.45) is 0. The van der Waals surface area contributed by atoms with Crippen molar-refractivity contribution in [3.63, 3.8) is 0 Å². The molecule has 1 atom stereocenters. The molecule has 3 rings (SSSR count). The number of hydrogen-bond acceptors (Lipinski definition) is 4. The minimum Gasteiger partial charge on any atom is -0.495 e. The standard InChI is InChI=1S/C23H24N2O4S/c1-16-9-4-5-12-20(16)17(2)24-23(26)18-10-8-11-19(15-18)30(27,28)25-21-13-6-7-14-22(21)29-3/h4-15,17,25H,1-3H3,(H,24,26). The third-order valence-corrected chi connectivity index (χ3v) is 6.12. The van der Waals surface area contributed by atoms with E-state index in [2.05, 4.69) is 10.0 Å². The lowest BCUT2D eigenvalue weighted by Crippen LogP contribution is -2.27. The maximum Gasteiger partial charge on any atom is 0.262 e. The van der Waals surface area contributed by atoms with Gasteiger partial charge in [0.1, 0.15) is 5.75 Å². The summed E-state index contributed by atoms with van der Waals surface area (Å²) in [7, 11) is -2.43. The number of ether oxygens (including phenoxy) is 1. The molecule has 156 valence electrons. The van der Waals surface area contributed by atoms with Crippen LogP contribution in [-0.2, 0) is 10.0 Å². The van der Waals surface area contributed by atoms with Gasteiger partial charge in [-0.2, -0.15) is 0 Å². The topological polar surface area (TPSA) is 84.5 Å². The highest BCUT2D eigenvalue weighted by atomic mass is 32.2. The van der Waals surface area contributed by atoms with Crippen LogP contribution in [0.15, 0.2) is 77.7 Å². The van der Waals surface area contributed by atoms with Gasteiger partial charge in [-0.1, -0.05) is 42.5 Å². The van der Waals surface area contributed by atoms with Crippen LogP contribution in [0.1, 0.15) is 34.5 Å². The second-order valence-electron chi connectivity index (χ2n) is 6.89. The lowest BCUT2D eigenvalue weighted by atomic mass is 10.0. The van der Waals surface area contributed by atoms with Crippen molar-refractivity contribution in [2.75, 3.05) is 11.8 Å². The van der Waals surface area contributed by atoms with Crippen molar-refractivity contribution in [2.45, 2.75) is 24.8 Å². The smallest absolute Gasteiger partial charge is 0.262 e. The number of anilines is 1. The molecule has 0 fully saturated rings. The average molecular weight is 425 g/mol. The fraction of sp³-hybridized carbons (Fsp3) is 0.174. The van der Waals surface area contributed by atoms with E-state index in [1.54, 1.807) is 36.4 Å². The third kappa shape index (κ3) is 4.80. The summed E-state index contributed by atoms with van der Waals surface area (Å²) < 4.78 is 33.4. The van der Waals surface area contributed by atoms with Gasteiger partial charge in [-0.3, -0.25) is 9.52 Å². The van der Waals surface area contributed by atoms with Crippen LogP contribution in [0.4, 0.5) is 5.69 Å². The number of carbonyl (C=O) groups excluding carboxylic acids is 1. The number of sulfonamides is 1. The summed E-state index contributed by atoms with van der Waals surface area (Å²) in [4.78, 5) is 12.7. The molecule has 0 saturated heterocycles. The predicted molar refractivity (Wildman–Crippen MR) is 117 cm³/mol. The van der Waals surface area contributed by atoms with Gasteiger partial charge in [-0.25, -0.2) is 8.42 Å². The lowest BCUT2D eigenvalue weighted by Gasteiger charge is -2.17. The Morgan fingerprint density at radius 1 is 0.967 bits per heavy atom. The van der Waals surface area contributed by atoms with Gasteiger partial charge in [0.15, 0.2) is 0 Å². The average Bonchev–Trinajstić information content (AvgIpc) is 2.74. The molecule has 3 aromatic rings. The zero-order chi connectivity index (χ0) is 21.7. The Hall–Kier alpha value is -3.32. The molecule has 0 radical (unpaired) electrons. The number of hydrogen-bond donors (Lipinski definition) is 2. The van der Waals surface area contributed by atoms with E-state index in [1.807, 2.05) is 38.1 Å². The maximum absolute atomic E-state index is 12.8. The molecule has 0 aliphatic heterocycles. The normalized spacial score (nSPS) is 12.1. The Morgan fingerprint density at radius 3 is 2.40 bits per heavy atom. The molecular formula is C23H24N2O4S. The van der Waals surface area contributed by atoms with Crippen LogP contribution >= 0.6 is 0 Å². The largest absolute Gasteiger partial charge is 0.495 e. The molecule has 0 aliphatic carbocycles. The SMILES string of the molecule is COc1ccccc1NS(=O)(=O)c1cccc(C(=O)NC(C)c2ccccc2C)c1. The molecule has 6 nitrogen and oxygen atoms in total. The summed E-state index contributed by atoms with van der Waals surface area (Å²) in [5.41, 5.74) is 2.66. The quantitative estimate of drug-likeness (QED) is 0.592. The molecule has 0 bridgehead atoms. The number of amides is 1. The van der Waals surface area contributed by atoms with E-state index < -0.39 is 10.0 Å². The zero-order valence-electron chi connectivity index (χ0n) is 17.0. The highest BCUT2D eigenvalue weighted by molar-refractivity contribution is 7.92. The molecular weight excluding hydrogens is 400 g/mol. The summed E-state index contributed by atoms with van der Waals surface area (Å²) >= 11 is 0. The molecule has 0 aliphatic rings. The first kappa shape index (κ1) is 21.4. The van der Waals surface area contributed by atoms with Gasteiger partial charge >= 0.3 is 0 Å². The minimum atomic E-state index is -3.90. The Kier molecular flexibility index (Phi) is 6.42. The van der Waals surface area contributed by atoms with Crippen molar-refractivity contribution in [3.05, 3.63) is 89.5 Å². The Bertz CT molecular complexity index is 1160. The zero-order valence-corrected chi connectivity index (χ0v) is 17.9. The van der Waals surface area contributed by atoms with Crippen LogP contribution < -0.4 is 14.8 Å². The Balaban J connectivity index is 1.81. The fourth-order valence-corrected chi connectivity index (χ4v) is 4.28. The van der Waals surface area contributed by atoms with Crippen molar-refractivity contribution in [2.24, 2.45) is 0 Å². The first-order chi connectivity index (χ1) is 14.3. The van der Waals surface area contributed by atoms with E-state index in [0.29, 0.717) is 11.4 Å². The van der Waals surface area contributed by atoms with Gasteiger partial charge in [-0.05, 0) is 55.3 Å². The molecule has 1 amide bonds. The van der Waals surface area contributed by atoms with Crippen molar-refractivity contribution in [3.8, 4) is 5.75 Å². The van der Waals surface area contributed by atoms with Gasteiger partial charge < -0.3 is 10.1 Å². The van der Waals surface area contributed by atoms with Gasteiger partial charge in [0.25, 0.3) is 15.9 Å². The molecule has 0 aromatic heterocycles. The third-order valence-electron chi connectivity index (χ3n) is 4.76. The summed E-state index contributed by atoms with van der Waals surface area (Å²) in [5.74, 6) is 0.0575. The van der Waals surface area contributed by atoms with E-state index in [4.69, 9.17) is 4.74 Å². The van der Waals surface area contributed by atoms with E-state index in [-0.39, 0.29) is 22.4 Å². The molecule has 0 saturated carbocycles. The van der Waals surface area contributed by atoms with Gasteiger partial charge in [-0.15, -0.1) is 0 Å². The van der Waals surface area contributed by atoms with Crippen LogP contribution in [0.5, 0.6) is 5.75 Å². The van der Waals surface area contributed by atoms with Crippen LogP contribution in [0.2, 0.25) is 0 Å². The number of nitrogens with one attached hydrogen (secondary N) is 2. The van der Waals surface area contributed by atoms with E-state index in [9.17, 15) is 13.2 Å². The molecule has 1 unspecified atom stereocenters. The minimum absolute atomic E-state index is 0.00963. The second-order valence-corrected chi connectivity index (χ2v) is 8.57. The van der Waals surface area contributed by atoms with E-state index in [0.717, 1.165) is 11.1 Å². The summed E-state index contributed by atoms with van der Waals surface area (Å²) in [6.45, 7) is 3.87.